The number of carbonyl (C=O) groups is 1. The normalized spacial score (nSPS) is 12.2. The van der Waals surface area contributed by atoms with E-state index in [9.17, 15) is 9.59 Å². The Morgan fingerprint density at radius 1 is 1.56 bits per heavy atom. The molecule has 1 atom stereocenters. The fourth-order valence-corrected chi connectivity index (χ4v) is 1.36. The fraction of sp³-hybridized carbons (Fsp3) is 0.545. The molecule has 0 bridgehead atoms. The van der Waals surface area contributed by atoms with E-state index in [0.717, 1.165) is 0 Å². The van der Waals surface area contributed by atoms with Crippen LogP contribution in [0.15, 0.2) is 4.79 Å². The Kier molecular flexibility index (Phi) is 4.85. The highest BCUT2D eigenvalue weighted by Crippen LogP contribution is 2.12. The number of methoxy groups -OCH3 is 1. The number of aromatic nitrogens is 2. The van der Waals surface area contributed by atoms with E-state index in [4.69, 9.17) is 15.2 Å². The van der Waals surface area contributed by atoms with E-state index in [-0.39, 0.29) is 30.5 Å². The van der Waals surface area contributed by atoms with E-state index >= 15 is 0 Å². The molecule has 18 heavy (non-hydrogen) atoms. The Morgan fingerprint density at radius 2 is 2.22 bits per heavy atom. The van der Waals surface area contributed by atoms with Crippen molar-refractivity contribution in [2.24, 2.45) is 0 Å². The molecular weight excluding hydrogens is 238 g/mol. The first-order valence-electron chi connectivity index (χ1n) is 5.56. The Hall–Kier alpha value is -1.89. The molecule has 100 valence electrons. The van der Waals surface area contributed by atoms with E-state index in [2.05, 4.69) is 9.97 Å². The zero-order valence-electron chi connectivity index (χ0n) is 10.6. The van der Waals surface area contributed by atoms with Crippen LogP contribution in [0.1, 0.15) is 31.3 Å². The van der Waals surface area contributed by atoms with Crippen LogP contribution in [0.4, 0.5) is 5.82 Å². The van der Waals surface area contributed by atoms with Crippen LogP contribution < -0.4 is 11.3 Å². The van der Waals surface area contributed by atoms with Crippen molar-refractivity contribution in [1.29, 1.82) is 0 Å². The third kappa shape index (κ3) is 3.30. The van der Waals surface area contributed by atoms with Crippen molar-refractivity contribution in [2.45, 2.75) is 26.4 Å². The molecule has 1 aromatic rings. The highest BCUT2D eigenvalue weighted by Gasteiger charge is 2.16. The number of aromatic amines is 1. The second-order valence-electron chi connectivity index (χ2n) is 3.67. The summed E-state index contributed by atoms with van der Waals surface area (Å²) in [4.78, 5) is 29.6. The number of nitrogen functional groups attached to an aromatic ring is 1. The molecule has 0 radical (unpaired) electrons. The molecule has 0 aliphatic carbocycles. The van der Waals surface area contributed by atoms with Crippen molar-refractivity contribution in [3.05, 3.63) is 21.7 Å². The van der Waals surface area contributed by atoms with Crippen molar-refractivity contribution in [2.75, 3.05) is 19.5 Å². The summed E-state index contributed by atoms with van der Waals surface area (Å²) in [6, 6.07) is 0. The molecule has 1 heterocycles. The summed E-state index contributed by atoms with van der Waals surface area (Å²) >= 11 is 0. The first-order valence-corrected chi connectivity index (χ1v) is 5.56. The van der Waals surface area contributed by atoms with Crippen LogP contribution in [0.5, 0.6) is 0 Å². The zero-order chi connectivity index (χ0) is 13.7. The summed E-state index contributed by atoms with van der Waals surface area (Å²) in [6.45, 7) is 3.67. The van der Waals surface area contributed by atoms with Gasteiger partial charge < -0.3 is 20.2 Å². The minimum atomic E-state index is -0.510. The van der Waals surface area contributed by atoms with Crippen LogP contribution in [0.25, 0.3) is 0 Å². The number of H-pyrrole nitrogens is 1. The molecule has 3 N–H and O–H groups in total. The molecule has 0 amide bonds. The molecule has 7 nitrogen and oxygen atoms in total. The maximum atomic E-state index is 11.8. The molecular formula is C11H17N3O4. The number of carbonyl (C=O) groups excluding carboxylic acids is 1. The lowest BCUT2D eigenvalue weighted by Crippen LogP contribution is -2.24. The van der Waals surface area contributed by atoms with Gasteiger partial charge in [0.1, 0.15) is 17.7 Å². The summed E-state index contributed by atoms with van der Waals surface area (Å²) in [7, 11) is 1.49. The lowest BCUT2D eigenvalue weighted by molar-refractivity contribution is -0.142. The Labute approximate surface area is 104 Å². The van der Waals surface area contributed by atoms with Gasteiger partial charge in [-0.25, -0.2) is 4.98 Å². The van der Waals surface area contributed by atoms with E-state index < -0.39 is 11.5 Å². The number of nitrogens with two attached hydrogens (primary N) is 1. The average Bonchev–Trinajstić information content (AvgIpc) is 2.32. The van der Waals surface area contributed by atoms with E-state index in [1.165, 1.54) is 7.11 Å². The minimum absolute atomic E-state index is 0.0192. The maximum Gasteiger partial charge on any atom is 0.310 e. The second-order valence-corrected chi connectivity index (χ2v) is 3.67. The molecule has 0 spiro atoms. The molecule has 1 rings (SSSR count). The van der Waals surface area contributed by atoms with Crippen LogP contribution in [0.3, 0.4) is 0 Å². The van der Waals surface area contributed by atoms with Crippen molar-refractivity contribution in [3.63, 3.8) is 0 Å². The van der Waals surface area contributed by atoms with Crippen LogP contribution >= 0.6 is 0 Å². The van der Waals surface area contributed by atoms with Crippen molar-refractivity contribution in [1.82, 2.24) is 9.97 Å². The SMILES string of the molecule is CCOC(=O)Cc1c(N)nc(C(C)OC)[nH]c1=O. The highest BCUT2D eigenvalue weighted by atomic mass is 16.5. The number of anilines is 1. The molecule has 7 heteroatoms. The molecule has 0 fully saturated rings. The van der Waals surface area contributed by atoms with Gasteiger partial charge >= 0.3 is 5.97 Å². The van der Waals surface area contributed by atoms with Crippen molar-refractivity contribution in [3.8, 4) is 0 Å². The van der Waals surface area contributed by atoms with Gasteiger partial charge in [-0.05, 0) is 13.8 Å². The zero-order valence-corrected chi connectivity index (χ0v) is 10.6. The van der Waals surface area contributed by atoms with Crippen molar-refractivity contribution < 1.29 is 14.3 Å². The second kappa shape index (κ2) is 6.15. The van der Waals surface area contributed by atoms with Gasteiger partial charge in [0.15, 0.2) is 0 Å². The predicted octanol–water partition coefficient (Wildman–Crippen LogP) is 0.165. The van der Waals surface area contributed by atoms with Crippen molar-refractivity contribution >= 4 is 11.8 Å². The van der Waals surface area contributed by atoms with Gasteiger partial charge in [0.25, 0.3) is 5.56 Å². The molecule has 1 unspecified atom stereocenters. The number of hydrogen-bond acceptors (Lipinski definition) is 6. The number of rotatable bonds is 5. The number of hydrogen-bond donors (Lipinski definition) is 2. The first kappa shape index (κ1) is 14.2. The Balaban J connectivity index is 3.02. The quantitative estimate of drug-likeness (QED) is 0.726. The lowest BCUT2D eigenvalue weighted by atomic mass is 10.2. The first-order chi connectivity index (χ1) is 8.49. The predicted molar refractivity (Wildman–Crippen MR) is 65.0 cm³/mol. The summed E-state index contributed by atoms with van der Waals surface area (Å²) < 4.78 is 9.78. The highest BCUT2D eigenvalue weighted by molar-refractivity contribution is 5.74. The molecule has 0 aliphatic rings. The van der Waals surface area contributed by atoms with Gasteiger partial charge in [-0.1, -0.05) is 0 Å². The number of esters is 1. The Bertz CT molecular complexity index is 484. The number of nitrogens with one attached hydrogen (secondary N) is 1. The molecule has 0 saturated heterocycles. The topological polar surface area (TPSA) is 107 Å². The van der Waals surface area contributed by atoms with E-state index in [1.54, 1.807) is 13.8 Å². The molecule has 1 aromatic heterocycles. The van der Waals surface area contributed by atoms with Crippen LogP contribution in [-0.2, 0) is 20.7 Å². The third-order valence-corrected chi connectivity index (χ3v) is 2.43. The van der Waals surface area contributed by atoms with Gasteiger partial charge in [-0.3, -0.25) is 9.59 Å². The maximum absolute atomic E-state index is 11.8. The van der Waals surface area contributed by atoms with Gasteiger partial charge in [-0.2, -0.15) is 0 Å². The molecule has 0 saturated carbocycles. The van der Waals surface area contributed by atoms with Crippen LogP contribution in [0.2, 0.25) is 0 Å². The average molecular weight is 255 g/mol. The smallest absolute Gasteiger partial charge is 0.310 e. The number of nitrogens with zero attached hydrogens (tertiary/aromatic N) is 1. The van der Waals surface area contributed by atoms with Gasteiger partial charge in [0.05, 0.1) is 18.6 Å². The third-order valence-electron chi connectivity index (χ3n) is 2.43. The summed E-state index contributed by atoms with van der Waals surface area (Å²) in [6.07, 6.45) is -0.569. The standard InChI is InChI=1S/C11H17N3O4/c1-4-18-8(15)5-7-9(12)13-10(6(2)17-3)14-11(7)16/h6H,4-5H2,1-3H3,(H3,12,13,14,16). The minimum Gasteiger partial charge on any atom is -0.466 e. The lowest BCUT2D eigenvalue weighted by Gasteiger charge is -2.10. The molecule has 0 aromatic carbocycles. The van der Waals surface area contributed by atoms with Crippen LogP contribution in [-0.4, -0.2) is 29.7 Å². The largest absolute Gasteiger partial charge is 0.466 e. The summed E-state index contributed by atoms with van der Waals surface area (Å²) in [5.41, 5.74) is 5.33. The molecule has 0 aliphatic heterocycles. The summed E-state index contributed by atoms with van der Waals surface area (Å²) in [5, 5.41) is 0. The van der Waals surface area contributed by atoms with Gasteiger partial charge in [0, 0.05) is 7.11 Å². The van der Waals surface area contributed by atoms with Gasteiger partial charge in [0.2, 0.25) is 0 Å². The fourth-order valence-electron chi connectivity index (χ4n) is 1.36. The number of ether oxygens (including phenoxy) is 2. The Morgan fingerprint density at radius 3 is 2.72 bits per heavy atom. The van der Waals surface area contributed by atoms with Gasteiger partial charge in [-0.15, -0.1) is 0 Å². The monoisotopic (exact) mass is 255 g/mol. The van der Waals surface area contributed by atoms with E-state index in [1.807, 2.05) is 0 Å². The van der Waals surface area contributed by atoms with E-state index in [0.29, 0.717) is 5.82 Å². The van der Waals surface area contributed by atoms with Crippen LogP contribution in [0, 0.1) is 0 Å². The summed E-state index contributed by atoms with van der Waals surface area (Å²) in [5.74, 6) is -0.164.